The molecule has 0 radical (unpaired) electrons. The summed E-state index contributed by atoms with van der Waals surface area (Å²) >= 11 is 11.9. The first-order valence-electron chi connectivity index (χ1n) is 5.19. The van der Waals surface area contributed by atoms with E-state index in [9.17, 15) is 0 Å². The van der Waals surface area contributed by atoms with Crippen LogP contribution in [0.1, 0.15) is 23.6 Å². The van der Waals surface area contributed by atoms with Crippen LogP contribution in [0.25, 0.3) is 0 Å². The summed E-state index contributed by atoms with van der Waals surface area (Å²) in [5.41, 5.74) is 3.98. The average molecular weight is 245 g/mol. The zero-order chi connectivity index (χ0) is 11.5. The second-order valence-corrected chi connectivity index (χ2v) is 5.22. The lowest BCUT2D eigenvalue weighted by molar-refractivity contribution is 0.424. The third kappa shape index (κ3) is 3.39. The maximum atomic E-state index is 5.97. The van der Waals surface area contributed by atoms with Crippen molar-refractivity contribution in [3.05, 3.63) is 34.9 Å². The minimum absolute atomic E-state index is 0.00165. The van der Waals surface area contributed by atoms with Crippen molar-refractivity contribution in [2.75, 3.05) is 11.8 Å². The van der Waals surface area contributed by atoms with Crippen LogP contribution < -0.4 is 0 Å². The van der Waals surface area contributed by atoms with E-state index in [1.165, 1.54) is 16.7 Å². The molecule has 0 aliphatic heterocycles. The zero-order valence-corrected chi connectivity index (χ0v) is 11.1. The van der Waals surface area contributed by atoms with Crippen molar-refractivity contribution in [1.29, 1.82) is 0 Å². The Morgan fingerprint density at radius 1 is 1.13 bits per heavy atom. The predicted octanol–water partition coefficient (Wildman–Crippen LogP) is 4.33. The normalized spacial score (nSPS) is 11.8. The number of rotatable bonds is 4. The lowest BCUT2D eigenvalue weighted by Crippen LogP contribution is -2.24. The third-order valence-corrected chi connectivity index (χ3v) is 4.06. The van der Waals surface area contributed by atoms with E-state index in [4.69, 9.17) is 23.2 Å². The molecule has 0 saturated carbocycles. The topological polar surface area (TPSA) is 0 Å². The summed E-state index contributed by atoms with van der Waals surface area (Å²) in [5, 5.41) is 0. The molecule has 0 aromatic heterocycles. The van der Waals surface area contributed by atoms with Crippen LogP contribution in [0.5, 0.6) is 0 Å². The Balaban J connectivity index is 2.92. The van der Waals surface area contributed by atoms with Crippen LogP contribution in [0.15, 0.2) is 18.2 Å². The predicted molar refractivity (Wildman–Crippen MR) is 69.2 cm³/mol. The van der Waals surface area contributed by atoms with Gasteiger partial charge in [-0.1, -0.05) is 30.7 Å². The SMILES string of the molecule is Cc1ccc(C)c(CC(C)(CCl)CCl)c1. The van der Waals surface area contributed by atoms with Gasteiger partial charge >= 0.3 is 0 Å². The second-order valence-electron chi connectivity index (χ2n) is 4.68. The minimum atomic E-state index is 0.00165. The van der Waals surface area contributed by atoms with Gasteiger partial charge in [0.1, 0.15) is 0 Å². The molecular formula is C13H18Cl2. The maximum Gasteiger partial charge on any atom is 0.0291 e. The Morgan fingerprint density at radius 2 is 1.73 bits per heavy atom. The van der Waals surface area contributed by atoms with Crippen molar-refractivity contribution in [3.8, 4) is 0 Å². The summed E-state index contributed by atoms with van der Waals surface area (Å²) in [4.78, 5) is 0. The summed E-state index contributed by atoms with van der Waals surface area (Å²) in [6.45, 7) is 6.38. The number of halogens is 2. The molecule has 0 unspecified atom stereocenters. The molecule has 15 heavy (non-hydrogen) atoms. The first-order chi connectivity index (χ1) is 7.00. The summed E-state index contributed by atoms with van der Waals surface area (Å²) in [7, 11) is 0. The van der Waals surface area contributed by atoms with Gasteiger partial charge in [0.2, 0.25) is 0 Å². The smallest absolute Gasteiger partial charge is 0.0291 e. The zero-order valence-electron chi connectivity index (χ0n) is 9.61. The van der Waals surface area contributed by atoms with E-state index in [0.29, 0.717) is 11.8 Å². The molecule has 0 saturated heterocycles. The molecule has 0 bridgehead atoms. The van der Waals surface area contributed by atoms with E-state index in [1.807, 2.05) is 0 Å². The first-order valence-corrected chi connectivity index (χ1v) is 6.26. The highest BCUT2D eigenvalue weighted by Gasteiger charge is 2.23. The Hall–Kier alpha value is -0.200. The molecule has 0 fully saturated rings. The van der Waals surface area contributed by atoms with Gasteiger partial charge in [-0.15, -0.1) is 23.2 Å². The molecule has 0 spiro atoms. The number of benzene rings is 1. The lowest BCUT2D eigenvalue weighted by Gasteiger charge is -2.25. The van der Waals surface area contributed by atoms with Crippen LogP contribution >= 0.6 is 23.2 Å². The molecule has 1 aromatic carbocycles. The molecule has 0 atom stereocenters. The van der Waals surface area contributed by atoms with Crippen molar-refractivity contribution < 1.29 is 0 Å². The Bertz CT molecular complexity index is 327. The molecule has 1 rings (SSSR count). The Labute approximate surface area is 103 Å². The lowest BCUT2D eigenvalue weighted by atomic mass is 9.85. The van der Waals surface area contributed by atoms with Crippen LogP contribution in [-0.2, 0) is 6.42 Å². The molecule has 0 aliphatic rings. The van der Waals surface area contributed by atoms with Gasteiger partial charge in [0.25, 0.3) is 0 Å². The van der Waals surface area contributed by atoms with Crippen LogP contribution in [-0.4, -0.2) is 11.8 Å². The van der Waals surface area contributed by atoms with Crippen molar-refractivity contribution in [3.63, 3.8) is 0 Å². The maximum absolute atomic E-state index is 5.97. The Morgan fingerprint density at radius 3 is 2.27 bits per heavy atom. The number of hydrogen-bond donors (Lipinski definition) is 0. The largest absolute Gasteiger partial charge is 0.126 e. The monoisotopic (exact) mass is 244 g/mol. The van der Waals surface area contributed by atoms with Gasteiger partial charge in [-0.05, 0) is 36.8 Å². The fourth-order valence-corrected chi connectivity index (χ4v) is 2.06. The molecule has 0 amide bonds. The van der Waals surface area contributed by atoms with Gasteiger partial charge < -0.3 is 0 Å². The van der Waals surface area contributed by atoms with Gasteiger partial charge in [-0.25, -0.2) is 0 Å². The highest BCUT2D eigenvalue weighted by molar-refractivity contribution is 6.21. The number of aryl methyl sites for hydroxylation is 2. The minimum Gasteiger partial charge on any atom is -0.126 e. The highest BCUT2D eigenvalue weighted by Crippen LogP contribution is 2.27. The molecule has 0 heterocycles. The van der Waals surface area contributed by atoms with Gasteiger partial charge in [-0.3, -0.25) is 0 Å². The van der Waals surface area contributed by atoms with E-state index in [0.717, 1.165) is 6.42 Å². The van der Waals surface area contributed by atoms with Crippen LogP contribution in [0.4, 0.5) is 0 Å². The van der Waals surface area contributed by atoms with Crippen molar-refractivity contribution >= 4 is 23.2 Å². The van der Waals surface area contributed by atoms with Gasteiger partial charge in [0.05, 0.1) is 0 Å². The first kappa shape index (κ1) is 12.9. The summed E-state index contributed by atoms with van der Waals surface area (Å²) in [6.07, 6.45) is 0.952. The summed E-state index contributed by atoms with van der Waals surface area (Å²) in [5.74, 6) is 1.20. The quantitative estimate of drug-likeness (QED) is 0.692. The standard InChI is InChI=1S/C13H18Cl2/c1-10-4-5-11(2)12(6-10)7-13(3,8-14)9-15/h4-6H,7-9H2,1-3H3. The fourth-order valence-electron chi connectivity index (χ4n) is 1.58. The molecule has 0 aliphatic carbocycles. The van der Waals surface area contributed by atoms with E-state index in [1.54, 1.807) is 0 Å². The van der Waals surface area contributed by atoms with E-state index >= 15 is 0 Å². The highest BCUT2D eigenvalue weighted by atomic mass is 35.5. The second kappa shape index (κ2) is 5.23. The van der Waals surface area contributed by atoms with Crippen molar-refractivity contribution in [1.82, 2.24) is 0 Å². The summed E-state index contributed by atoms with van der Waals surface area (Å²) < 4.78 is 0. The fraction of sp³-hybridized carbons (Fsp3) is 0.538. The van der Waals surface area contributed by atoms with E-state index < -0.39 is 0 Å². The molecule has 1 aromatic rings. The third-order valence-electron chi connectivity index (χ3n) is 2.77. The van der Waals surface area contributed by atoms with E-state index in [2.05, 4.69) is 39.0 Å². The van der Waals surface area contributed by atoms with Gasteiger partial charge in [-0.2, -0.15) is 0 Å². The van der Waals surface area contributed by atoms with Gasteiger partial charge in [0, 0.05) is 11.8 Å². The summed E-state index contributed by atoms with van der Waals surface area (Å²) in [6, 6.07) is 6.53. The molecule has 84 valence electrons. The molecule has 2 heteroatoms. The average Bonchev–Trinajstić information content (AvgIpc) is 2.23. The molecule has 0 nitrogen and oxygen atoms in total. The van der Waals surface area contributed by atoms with Gasteiger partial charge in [0.15, 0.2) is 0 Å². The van der Waals surface area contributed by atoms with E-state index in [-0.39, 0.29) is 5.41 Å². The Kier molecular flexibility index (Phi) is 4.48. The van der Waals surface area contributed by atoms with Crippen LogP contribution in [0.3, 0.4) is 0 Å². The number of alkyl halides is 2. The van der Waals surface area contributed by atoms with Crippen LogP contribution in [0.2, 0.25) is 0 Å². The van der Waals surface area contributed by atoms with Crippen LogP contribution in [0, 0.1) is 19.3 Å². The van der Waals surface area contributed by atoms with Crippen molar-refractivity contribution in [2.45, 2.75) is 27.2 Å². The molecule has 0 N–H and O–H groups in total. The molecular weight excluding hydrogens is 227 g/mol. The number of hydrogen-bond acceptors (Lipinski definition) is 0. The van der Waals surface area contributed by atoms with Crippen molar-refractivity contribution in [2.24, 2.45) is 5.41 Å².